The summed E-state index contributed by atoms with van der Waals surface area (Å²) in [6.07, 6.45) is 4.43. The maximum atomic E-state index is 13.1. The molecular formula is C21H19BrN2O2. The molecule has 2 aromatic rings. The normalized spacial score (nSPS) is 25.6. The summed E-state index contributed by atoms with van der Waals surface area (Å²) < 4.78 is 0.929. The summed E-state index contributed by atoms with van der Waals surface area (Å²) in [4.78, 5) is 25.3. The second-order valence-electron chi connectivity index (χ2n) is 7.69. The summed E-state index contributed by atoms with van der Waals surface area (Å²) in [5.41, 5.74) is 3.57. The van der Waals surface area contributed by atoms with Gasteiger partial charge in [-0.2, -0.15) is 0 Å². The number of benzene rings is 2. The molecule has 5 heteroatoms. The van der Waals surface area contributed by atoms with E-state index in [1.165, 1.54) is 11.1 Å². The maximum Gasteiger partial charge on any atom is 0.322 e. The number of halogens is 1. The first-order valence-corrected chi connectivity index (χ1v) is 9.83. The van der Waals surface area contributed by atoms with Crippen LogP contribution in [-0.4, -0.2) is 11.9 Å². The Morgan fingerprint density at radius 1 is 0.923 bits per heavy atom. The zero-order valence-corrected chi connectivity index (χ0v) is 15.9. The quantitative estimate of drug-likeness (QED) is 0.651. The zero-order valence-electron chi connectivity index (χ0n) is 14.3. The van der Waals surface area contributed by atoms with E-state index in [-0.39, 0.29) is 17.4 Å². The van der Waals surface area contributed by atoms with Gasteiger partial charge in [-0.25, -0.2) is 4.79 Å². The highest BCUT2D eigenvalue weighted by molar-refractivity contribution is 9.10. The van der Waals surface area contributed by atoms with Crippen LogP contribution in [0.15, 0.2) is 46.9 Å². The van der Waals surface area contributed by atoms with Gasteiger partial charge in [-0.3, -0.25) is 10.1 Å². The number of carbonyl (C=O) groups excluding carboxylic acids is 2. The second-order valence-corrected chi connectivity index (χ2v) is 8.60. The molecular weight excluding hydrogens is 392 g/mol. The third kappa shape index (κ3) is 2.01. The van der Waals surface area contributed by atoms with Crippen molar-refractivity contribution in [2.75, 3.05) is 0 Å². The van der Waals surface area contributed by atoms with E-state index in [1.807, 2.05) is 12.1 Å². The van der Waals surface area contributed by atoms with Crippen LogP contribution in [-0.2, 0) is 29.6 Å². The molecule has 2 spiro atoms. The molecule has 1 saturated heterocycles. The molecule has 4 nitrogen and oxygen atoms in total. The van der Waals surface area contributed by atoms with E-state index >= 15 is 0 Å². The van der Waals surface area contributed by atoms with Crippen LogP contribution < -0.4 is 10.6 Å². The molecule has 0 radical (unpaired) electrons. The smallest absolute Gasteiger partial charge is 0.319 e. The van der Waals surface area contributed by atoms with Crippen molar-refractivity contribution in [1.29, 1.82) is 0 Å². The van der Waals surface area contributed by atoms with E-state index in [9.17, 15) is 9.59 Å². The topological polar surface area (TPSA) is 58.2 Å². The van der Waals surface area contributed by atoms with Gasteiger partial charge in [-0.15, -0.1) is 0 Å². The Kier molecular flexibility index (Phi) is 3.35. The molecule has 1 aliphatic heterocycles. The third-order valence-corrected chi connectivity index (χ3v) is 7.03. The van der Waals surface area contributed by atoms with Gasteiger partial charge in [0.15, 0.2) is 5.54 Å². The number of fused-ring (bicyclic) bond motifs is 4. The van der Waals surface area contributed by atoms with Gasteiger partial charge in [0.05, 0.1) is 0 Å². The van der Waals surface area contributed by atoms with Gasteiger partial charge in [0.1, 0.15) is 0 Å². The van der Waals surface area contributed by atoms with E-state index in [0.29, 0.717) is 0 Å². The Balaban J connectivity index is 1.68. The van der Waals surface area contributed by atoms with Crippen LogP contribution in [0.3, 0.4) is 0 Å². The molecule has 0 aromatic heterocycles. The molecule has 132 valence electrons. The molecule has 3 amide bonds. The van der Waals surface area contributed by atoms with E-state index in [4.69, 9.17) is 0 Å². The van der Waals surface area contributed by atoms with Crippen LogP contribution in [0.4, 0.5) is 4.79 Å². The Morgan fingerprint density at radius 3 is 2.23 bits per heavy atom. The lowest BCUT2D eigenvalue weighted by Crippen LogP contribution is -2.55. The molecule has 3 aliphatic rings. The molecule has 1 heterocycles. The van der Waals surface area contributed by atoms with Gasteiger partial charge in [-0.05, 0) is 66.5 Å². The van der Waals surface area contributed by atoms with Crippen molar-refractivity contribution in [2.45, 2.75) is 37.6 Å². The lowest BCUT2D eigenvalue weighted by molar-refractivity contribution is -0.129. The fraction of sp³-hybridized carbons (Fsp3) is 0.333. The van der Waals surface area contributed by atoms with E-state index < -0.39 is 5.54 Å². The highest BCUT2D eigenvalue weighted by Crippen LogP contribution is 2.57. The summed E-state index contributed by atoms with van der Waals surface area (Å²) in [5, 5.41) is 5.58. The Bertz CT molecular complexity index is 928. The van der Waals surface area contributed by atoms with Crippen molar-refractivity contribution in [1.82, 2.24) is 10.6 Å². The van der Waals surface area contributed by atoms with Crippen LogP contribution in [0.1, 0.15) is 35.1 Å². The van der Waals surface area contributed by atoms with Crippen molar-refractivity contribution >= 4 is 27.9 Å². The number of hydrogen-bond donors (Lipinski definition) is 2. The van der Waals surface area contributed by atoms with Gasteiger partial charge >= 0.3 is 6.03 Å². The zero-order chi connectivity index (χ0) is 17.9. The summed E-state index contributed by atoms with van der Waals surface area (Å²) >= 11 is 3.54. The van der Waals surface area contributed by atoms with E-state index in [0.717, 1.165) is 47.7 Å². The molecule has 0 bridgehead atoms. The van der Waals surface area contributed by atoms with Crippen LogP contribution >= 0.6 is 15.9 Å². The number of nitrogens with one attached hydrogen (secondary N) is 2. The summed E-state index contributed by atoms with van der Waals surface area (Å²) in [6, 6.07) is 14.3. The van der Waals surface area contributed by atoms with Crippen LogP contribution in [0.2, 0.25) is 0 Å². The van der Waals surface area contributed by atoms with E-state index in [1.54, 1.807) is 0 Å². The first-order chi connectivity index (χ1) is 12.5. The lowest BCUT2D eigenvalue weighted by Gasteiger charge is -2.41. The van der Waals surface area contributed by atoms with Crippen molar-refractivity contribution in [3.05, 3.63) is 69.2 Å². The average Bonchev–Trinajstić information content (AvgIpc) is 2.98. The van der Waals surface area contributed by atoms with E-state index in [2.05, 4.69) is 56.9 Å². The average molecular weight is 411 g/mol. The summed E-state index contributed by atoms with van der Waals surface area (Å²) in [6.45, 7) is 0. The van der Waals surface area contributed by atoms with Gasteiger partial charge < -0.3 is 5.32 Å². The number of amides is 3. The van der Waals surface area contributed by atoms with Crippen LogP contribution in [0.25, 0.3) is 0 Å². The molecule has 2 N–H and O–H groups in total. The highest BCUT2D eigenvalue weighted by atomic mass is 79.9. The standard InChI is InChI=1S/C21H19BrN2O2/c22-16-6-5-15-12-20(9-7-13-3-1-2-4-14(13)8-10-20)21(17(15)11-16)18(25)23-19(26)24-21/h1-6,11H,7-10,12H2,(H2,23,24,25,26). The van der Waals surface area contributed by atoms with Crippen LogP contribution in [0.5, 0.6) is 0 Å². The molecule has 1 unspecified atom stereocenters. The fourth-order valence-corrected chi connectivity index (χ4v) is 5.68. The molecule has 26 heavy (non-hydrogen) atoms. The SMILES string of the molecule is O=C1NC(=O)C2(N1)c1cc(Br)ccc1CC21CCc2ccccc2CC1. The molecule has 2 aromatic carbocycles. The molecule has 1 atom stereocenters. The largest absolute Gasteiger partial charge is 0.322 e. The molecule has 2 aliphatic carbocycles. The Morgan fingerprint density at radius 2 is 1.62 bits per heavy atom. The Labute approximate surface area is 160 Å². The summed E-state index contributed by atoms with van der Waals surface area (Å²) in [7, 11) is 0. The number of hydrogen-bond acceptors (Lipinski definition) is 2. The third-order valence-electron chi connectivity index (χ3n) is 6.53. The molecule has 1 fully saturated rings. The van der Waals surface area contributed by atoms with Crippen molar-refractivity contribution < 1.29 is 9.59 Å². The number of rotatable bonds is 0. The van der Waals surface area contributed by atoms with Crippen LogP contribution in [0, 0.1) is 5.41 Å². The number of aryl methyl sites for hydroxylation is 2. The maximum absolute atomic E-state index is 13.1. The fourth-order valence-electron chi connectivity index (χ4n) is 5.32. The van der Waals surface area contributed by atoms with Gasteiger partial charge in [0, 0.05) is 9.89 Å². The number of urea groups is 1. The predicted octanol–water partition coefficient (Wildman–Crippen LogP) is 3.61. The summed E-state index contributed by atoms with van der Waals surface area (Å²) in [5.74, 6) is -0.203. The van der Waals surface area contributed by atoms with Crippen molar-refractivity contribution in [3.63, 3.8) is 0 Å². The van der Waals surface area contributed by atoms with Gasteiger partial charge in [0.2, 0.25) is 0 Å². The number of imide groups is 1. The first-order valence-electron chi connectivity index (χ1n) is 9.03. The highest BCUT2D eigenvalue weighted by Gasteiger charge is 2.65. The van der Waals surface area contributed by atoms with Crippen molar-refractivity contribution in [3.8, 4) is 0 Å². The Hall–Kier alpha value is -2.14. The van der Waals surface area contributed by atoms with Crippen molar-refractivity contribution in [2.24, 2.45) is 5.41 Å². The lowest BCUT2D eigenvalue weighted by atomic mass is 9.65. The molecule has 5 rings (SSSR count). The minimum Gasteiger partial charge on any atom is -0.319 e. The monoisotopic (exact) mass is 410 g/mol. The van der Waals surface area contributed by atoms with Gasteiger partial charge in [-0.1, -0.05) is 46.3 Å². The minimum absolute atomic E-state index is 0.203. The molecule has 0 saturated carbocycles. The van der Waals surface area contributed by atoms with Gasteiger partial charge in [0.25, 0.3) is 5.91 Å². The first kappa shape index (κ1) is 16.1. The predicted molar refractivity (Wildman–Crippen MR) is 102 cm³/mol. The second kappa shape index (κ2) is 5.43. The minimum atomic E-state index is -0.967. The number of carbonyl (C=O) groups is 2.